The molecule has 0 aromatic heterocycles. The highest BCUT2D eigenvalue weighted by Gasteiger charge is 2.36. The summed E-state index contributed by atoms with van der Waals surface area (Å²) >= 11 is 0. The highest BCUT2D eigenvalue weighted by atomic mass is 28.3. The second kappa shape index (κ2) is 4.67. The Morgan fingerprint density at radius 3 is 2.53 bits per heavy atom. The minimum atomic E-state index is -1.42. The van der Waals surface area contributed by atoms with Gasteiger partial charge in [0.1, 0.15) is 5.60 Å². The number of para-hydroxylation sites is 1. The summed E-state index contributed by atoms with van der Waals surface area (Å²) in [6, 6.07) is 9.30. The van der Waals surface area contributed by atoms with Crippen LogP contribution in [0.2, 0.25) is 13.1 Å². The molecule has 0 bridgehead atoms. The number of carbonyl (C=O) groups excluding carboxylic acids is 1. The molecule has 3 nitrogen and oxygen atoms in total. The van der Waals surface area contributed by atoms with E-state index in [1.54, 1.807) is 0 Å². The van der Waals surface area contributed by atoms with Gasteiger partial charge in [0.25, 0.3) is 0 Å². The fourth-order valence-electron chi connectivity index (χ4n) is 2.49. The number of amides is 1. The molecule has 1 aromatic rings. The van der Waals surface area contributed by atoms with Crippen LogP contribution in [0.25, 0.3) is 0 Å². The van der Waals surface area contributed by atoms with Crippen molar-refractivity contribution in [3.05, 3.63) is 29.8 Å². The van der Waals surface area contributed by atoms with Gasteiger partial charge in [0.05, 0.1) is 8.07 Å². The molecule has 0 atom stereocenters. The third-order valence-corrected chi connectivity index (χ3v) is 5.66. The predicted octanol–water partition coefficient (Wildman–Crippen LogP) is 3.77. The summed E-state index contributed by atoms with van der Waals surface area (Å²) in [6.07, 6.45) is 0.610. The van der Waals surface area contributed by atoms with E-state index in [1.807, 2.05) is 43.9 Å². The van der Waals surface area contributed by atoms with Gasteiger partial charge in [-0.15, -0.1) is 0 Å². The molecule has 4 heteroatoms. The maximum Gasteiger partial charge on any atom is 0.414 e. The van der Waals surface area contributed by atoms with Crippen LogP contribution in [0.1, 0.15) is 26.3 Å². The summed E-state index contributed by atoms with van der Waals surface area (Å²) in [6.45, 7) is 10.4. The molecule has 19 heavy (non-hydrogen) atoms. The van der Waals surface area contributed by atoms with E-state index in [-0.39, 0.29) is 6.09 Å². The molecule has 1 aliphatic heterocycles. The Morgan fingerprint density at radius 1 is 1.26 bits per heavy atom. The average Bonchev–Trinajstić information content (AvgIpc) is 2.24. The van der Waals surface area contributed by atoms with Gasteiger partial charge in [-0.05, 0) is 38.4 Å². The zero-order valence-electron chi connectivity index (χ0n) is 12.5. The zero-order chi connectivity index (χ0) is 14.3. The molecule has 0 spiro atoms. The normalized spacial score (nSPS) is 17.8. The van der Waals surface area contributed by atoms with Gasteiger partial charge in [0.2, 0.25) is 0 Å². The second-order valence-corrected chi connectivity index (χ2v) is 12.0. The molecule has 1 aromatic carbocycles. The van der Waals surface area contributed by atoms with Crippen LogP contribution in [0, 0.1) is 0 Å². The van der Waals surface area contributed by atoms with Crippen molar-refractivity contribution >= 4 is 19.9 Å². The Labute approximate surface area is 116 Å². The van der Waals surface area contributed by atoms with Crippen LogP contribution in [-0.4, -0.2) is 25.9 Å². The van der Waals surface area contributed by atoms with Crippen LogP contribution in [0.5, 0.6) is 0 Å². The molecule has 2 rings (SSSR count). The lowest BCUT2D eigenvalue weighted by atomic mass is 10.2. The van der Waals surface area contributed by atoms with Gasteiger partial charge in [-0.25, -0.2) is 4.79 Å². The van der Waals surface area contributed by atoms with Crippen LogP contribution < -0.4 is 4.90 Å². The van der Waals surface area contributed by atoms with Gasteiger partial charge in [-0.3, -0.25) is 4.90 Å². The van der Waals surface area contributed by atoms with E-state index in [0.717, 1.165) is 17.9 Å². The highest BCUT2D eigenvalue weighted by Crippen LogP contribution is 2.31. The maximum atomic E-state index is 12.4. The summed E-state index contributed by atoms with van der Waals surface area (Å²) < 4.78 is 5.54. The zero-order valence-corrected chi connectivity index (χ0v) is 13.5. The molecular weight excluding hydrogens is 254 g/mol. The molecule has 1 amide bonds. The SMILES string of the molecule is CC(C)(C)OC(=O)N1C[Si](C)(C)Cc2ccccc21. The van der Waals surface area contributed by atoms with Crippen LogP contribution in [0.15, 0.2) is 24.3 Å². The van der Waals surface area contributed by atoms with Crippen molar-refractivity contribution in [2.75, 3.05) is 11.1 Å². The van der Waals surface area contributed by atoms with Gasteiger partial charge in [-0.1, -0.05) is 31.3 Å². The molecule has 0 saturated heterocycles. The summed E-state index contributed by atoms with van der Waals surface area (Å²) in [5.74, 6) is 0. The summed E-state index contributed by atoms with van der Waals surface area (Å²) in [5.41, 5.74) is 1.84. The van der Waals surface area contributed by atoms with Gasteiger partial charge in [0, 0.05) is 11.9 Å². The molecule has 104 valence electrons. The van der Waals surface area contributed by atoms with E-state index in [0.29, 0.717) is 0 Å². The van der Waals surface area contributed by atoms with Crippen molar-refractivity contribution in [1.29, 1.82) is 0 Å². The number of nitrogens with zero attached hydrogens (tertiary/aromatic N) is 1. The maximum absolute atomic E-state index is 12.4. The van der Waals surface area contributed by atoms with E-state index >= 15 is 0 Å². The first-order valence-electron chi connectivity index (χ1n) is 6.76. The summed E-state index contributed by atoms with van der Waals surface area (Å²) in [7, 11) is -1.42. The number of rotatable bonds is 0. The molecule has 0 unspecified atom stereocenters. The third kappa shape index (κ3) is 3.38. The number of ether oxygens (including phenoxy) is 1. The number of hydrogen-bond donors (Lipinski definition) is 0. The summed E-state index contributed by atoms with van der Waals surface area (Å²) in [5, 5.41) is 0. The first kappa shape index (κ1) is 14.1. The van der Waals surface area contributed by atoms with Gasteiger partial charge >= 0.3 is 6.09 Å². The van der Waals surface area contributed by atoms with Crippen LogP contribution in [-0.2, 0) is 10.8 Å². The van der Waals surface area contributed by atoms with Crippen molar-refractivity contribution in [3.63, 3.8) is 0 Å². The second-order valence-electron chi connectivity index (χ2n) is 7.04. The molecule has 0 N–H and O–H groups in total. The van der Waals surface area contributed by atoms with E-state index in [2.05, 4.69) is 19.2 Å². The van der Waals surface area contributed by atoms with Crippen LogP contribution in [0.3, 0.4) is 0 Å². The lowest BCUT2D eigenvalue weighted by molar-refractivity contribution is 0.0584. The fraction of sp³-hybridized carbons (Fsp3) is 0.533. The van der Waals surface area contributed by atoms with E-state index in [4.69, 9.17) is 4.74 Å². The topological polar surface area (TPSA) is 29.5 Å². The lowest BCUT2D eigenvalue weighted by Crippen LogP contribution is -2.52. The van der Waals surface area contributed by atoms with Gasteiger partial charge in [-0.2, -0.15) is 0 Å². The standard InChI is InChI=1S/C15H23NO2Si/c1-15(2,3)18-14(17)16-11-19(4,5)10-12-8-6-7-9-13(12)16/h6-9H,10-11H2,1-5H3. The van der Waals surface area contributed by atoms with Gasteiger partial charge in [0.15, 0.2) is 0 Å². The molecular formula is C15H23NO2Si. The Balaban J connectivity index is 2.32. The number of anilines is 1. The van der Waals surface area contributed by atoms with E-state index < -0.39 is 13.7 Å². The quantitative estimate of drug-likeness (QED) is 0.676. The van der Waals surface area contributed by atoms with Crippen molar-refractivity contribution in [2.45, 2.75) is 45.5 Å². The molecule has 1 heterocycles. The first-order valence-corrected chi connectivity index (χ1v) is 10.2. The molecule has 0 radical (unpaired) electrons. The highest BCUT2D eigenvalue weighted by molar-refractivity contribution is 6.78. The van der Waals surface area contributed by atoms with Crippen molar-refractivity contribution < 1.29 is 9.53 Å². The van der Waals surface area contributed by atoms with Crippen LogP contribution >= 0.6 is 0 Å². The molecule has 0 saturated carbocycles. The van der Waals surface area contributed by atoms with E-state index in [1.165, 1.54) is 5.56 Å². The van der Waals surface area contributed by atoms with Crippen LogP contribution in [0.4, 0.5) is 10.5 Å². The predicted molar refractivity (Wildman–Crippen MR) is 81.2 cm³/mol. The number of carbonyl (C=O) groups is 1. The van der Waals surface area contributed by atoms with Crippen molar-refractivity contribution in [1.82, 2.24) is 0 Å². The van der Waals surface area contributed by atoms with Crippen molar-refractivity contribution in [2.24, 2.45) is 0 Å². The number of fused-ring (bicyclic) bond motifs is 1. The lowest BCUT2D eigenvalue weighted by Gasteiger charge is -2.38. The average molecular weight is 277 g/mol. The van der Waals surface area contributed by atoms with Gasteiger partial charge < -0.3 is 4.74 Å². The largest absolute Gasteiger partial charge is 0.443 e. The number of hydrogen-bond acceptors (Lipinski definition) is 2. The minimum Gasteiger partial charge on any atom is -0.443 e. The third-order valence-electron chi connectivity index (χ3n) is 3.15. The van der Waals surface area contributed by atoms with Crippen molar-refractivity contribution in [3.8, 4) is 0 Å². The molecule has 1 aliphatic rings. The molecule has 0 fully saturated rings. The number of benzene rings is 1. The molecule has 0 aliphatic carbocycles. The summed E-state index contributed by atoms with van der Waals surface area (Å²) in [4.78, 5) is 14.2. The monoisotopic (exact) mass is 277 g/mol. The minimum absolute atomic E-state index is 0.222. The Hall–Kier alpha value is -1.29. The Bertz CT molecular complexity index is 491. The van der Waals surface area contributed by atoms with E-state index in [9.17, 15) is 4.79 Å². The fourth-order valence-corrected chi connectivity index (χ4v) is 5.09. The first-order chi connectivity index (χ1) is 8.68. The smallest absolute Gasteiger partial charge is 0.414 e. The Kier molecular flexibility index (Phi) is 3.47. The Morgan fingerprint density at radius 2 is 1.89 bits per heavy atom.